The summed E-state index contributed by atoms with van der Waals surface area (Å²) in [6.07, 6.45) is 9.94. The highest BCUT2D eigenvalue weighted by molar-refractivity contribution is 5.79. The summed E-state index contributed by atoms with van der Waals surface area (Å²) in [5.41, 5.74) is 1.11. The Morgan fingerprint density at radius 2 is 1.89 bits per heavy atom. The van der Waals surface area contributed by atoms with Crippen LogP contribution < -0.4 is 10.1 Å². The minimum Gasteiger partial charge on any atom is -0.493 e. The molecule has 1 saturated carbocycles. The molecular weight excluding hydrogens is 358 g/mol. The van der Waals surface area contributed by atoms with Gasteiger partial charge in [0.05, 0.1) is 6.61 Å². The standard InChI is InChI=1S/C23H30F2N2O/c1-4-21(22(15-26)27-3)18-12-19(23(2,24)25)14-20(13-18)28-16-17-10-8-6-5-7-9-11-17/h4,12-14,17,27H,1,5-11,16H2,2-3H3/b22-21+. The Balaban J connectivity index is 2.32. The van der Waals surface area contributed by atoms with E-state index in [-0.39, 0.29) is 11.3 Å². The molecule has 2 rings (SSSR count). The highest BCUT2D eigenvalue weighted by Crippen LogP contribution is 2.34. The van der Waals surface area contributed by atoms with Gasteiger partial charge in [-0.3, -0.25) is 0 Å². The van der Waals surface area contributed by atoms with Crippen molar-refractivity contribution in [2.24, 2.45) is 5.92 Å². The van der Waals surface area contributed by atoms with E-state index in [1.54, 1.807) is 13.1 Å². The summed E-state index contributed by atoms with van der Waals surface area (Å²) < 4.78 is 34.1. The lowest BCUT2D eigenvalue weighted by Crippen LogP contribution is -2.15. The molecule has 1 fully saturated rings. The molecule has 0 amide bonds. The van der Waals surface area contributed by atoms with Gasteiger partial charge in [0, 0.05) is 25.1 Å². The van der Waals surface area contributed by atoms with Crippen LogP contribution in [0.1, 0.15) is 63.0 Å². The van der Waals surface area contributed by atoms with Gasteiger partial charge < -0.3 is 10.1 Å². The van der Waals surface area contributed by atoms with Gasteiger partial charge in [-0.2, -0.15) is 5.26 Å². The summed E-state index contributed by atoms with van der Waals surface area (Å²) in [6, 6.07) is 6.56. The van der Waals surface area contributed by atoms with Gasteiger partial charge >= 0.3 is 0 Å². The number of halogens is 2. The molecule has 28 heavy (non-hydrogen) atoms. The number of nitrogens with zero attached hydrogens (tertiary/aromatic N) is 1. The molecule has 1 aromatic rings. The topological polar surface area (TPSA) is 45.0 Å². The zero-order valence-corrected chi connectivity index (χ0v) is 16.9. The molecule has 1 aliphatic rings. The quantitative estimate of drug-likeness (QED) is 0.448. The fraction of sp³-hybridized carbons (Fsp3) is 0.522. The van der Waals surface area contributed by atoms with E-state index in [9.17, 15) is 14.0 Å². The van der Waals surface area contributed by atoms with Crippen LogP contribution in [0.2, 0.25) is 0 Å². The Morgan fingerprint density at radius 1 is 1.25 bits per heavy atom. The van der Waals surface area contributed by atoms with Crippen molar-refractivity contribution in [2.45, 2.75) is 57.8 Å². The van der Waals surface area contributed by atoms with Crippen LogP contribution in [-0.2, 0) is 5.92 Å². The molecule has 0 aliphatic heterocycles. The Bertz CT molecular complexity index is 736. The summed E-state index contributed by atoms with van der Waals surface area (Å²) in [7, 11) is 1.62. The van der Waals surface area contributed by atoms with Gasteiger partial charge in [0.15, 0.2) is 0 Å². The maximum atomic E-state index is 14.1. The number of alkyl halides is 2. The van der Waals surface area contributed by atoms with Crippen LogP contribution in [-0.4, -0.2) is 13.7 Å². The lowest BCUT2D eigenvalue weighted by molar-refractivity contribution is 0.0171. The van der Waals surface area contributed by atoms with E-state index in [0.29, 0.717) is 29.4 Å². The first-order valence-corrected chi connectivity index (χ1v) is 10.00. The SMILES string of the molecule is C=C/C(=C(/C#N)NC)c1cc(OCC2CCCCCCC2)cc(C(C)(F)F)c1. The van der Waals surface area contributed by atoms with Crippen molar-refractivity contribution >= 4 is 5.57 Å². The molecule has 0 spiro atoms. The molecule has 5 heteroatoms. The number of ether oxygens (including phenoxy) is 1. The highest BCUT2D eigenvalue weighted by Gasteiger charge is 2.26. The van der Waals surface area contributed by atoms with Crippen LogP contribution >= 0.6 is 0 Å². The number of benzene rings is 1. The second-order valence-corrected chi connectivity index (χ2v) is 7.51. The lowest BCUT2D eigenvalue weighted by atomic mass is 9.92. The van der Waals surface area contributed by atoms with E-state index in [0.717, 1.165) is 19.8 Å². The second kappa shape index (κ2) is 10.3. The largest absolute Gasteiger partial charge is 0.493 e. The monoisotopic (exact) mass is 388 g/mol. The zero-order chi connectivity index (χ0) is 20.6. The van der Waals surface area contributed by atoms with Gasteiger partial charge in [0.25, 0.3) is 5.92 Å². The van der Waals surface area contributed by atoms with E-state index >= 15 is 0 Å². The summed E-state index contributed by atoms with van der Waals surface area (Å²) >= 11 is 0. The van der Waals surface area contributed by atoms with E-state index < -0.39 is 5.92 Å². The predicted molar refractivity (Wildman–Crippen MR) is 109 cm³/mol. The molecule has 0 saturated heterocycles. The molecule has 1 aliphatic carbocycles. The Hall–Kier alpha value is -2.35. The first kappa shape index (κ1) is 21.9. The van der Waals surface area contributed by atoms with E-state index in [2.05, 4.69) is 11.9 Å². The Kier molecular flexibility index (Phi) is 8.04. The third kappa shape index (κ3) is 6.09. The number of allylic oxidation sites excluding steroid dienone is 3. The van der Waals surface area contributed by atoms with E-state index in [1.807, 2.05) is 6.07 Å². The summed E-state index contributed by atoms with van der Waals surface area (Å²) in [5, 5.41) is 12.1. The van der Waals surface area contributed by atoms with E-state index in [4.69, 9.17) is 4.74 Å². The molecule has 1 N–H and O–H groups in total. The van der Waals surface area contributed by atoms with Crippen molar-refractivity contribution in [3.05, 3.63) is 47.7 Å². The van der Waals surface area contributed by atoms with Crippen LogP contribution in [0.15, 0.2) is 36.6 Å². The molecule has 152 valence electrons. The molecule has 0 atom stereocenters. The molecule has 3 nitrogen and oxygen atoms in total. The third-order valence-electron chi connectivity index (χ3n) is 5.27. The summed E-state index contributed by atoms with van der Waals surface area (Å²) in [5.74, 6) is -2.15. The Labute approximate surface area is 167 Å². The normalized spacial score (nSPS) is 17.0. The number of hydrogen-bond acceptors (Lipinski definition) is 3. The van der Waals surface area contributed by atoms with Crippen molar-refractivity contribution in [1.82, 2.24) is 5.32 Å². The minimum atomic E-state index is -3.01. The van der Waals surface area contributed by atoms with Gasteiger partial charge in [-0.15, -0.1) is 0 Å². The lowest BCUT2D eigenvalue weighted by Gasteiger charge is -2.21. The summed E-state index contributed by atoms with van der Waals surface area (Å²) in [4.78, 5) is 0. The smallest absolute Gasteiger partial charge is 0.270 e. The van der Waals surface area contributed by atoms with Crippen LogP contribution in [0.25, 0.3) is 5.57 Å². The molecule has 0 aromatic heterocycles. The maximum Gasteiger partial charge on any atom is 0.270 e. The van der Waals surface area contributed by atoms with E-state index in [1.165, 1.54) is 50.3 Å². The number of rotatable bonds is 7. The van der Waals surface area contributed by atoms with Crippen molar-refractivity contribution < 1.29 is 13.5 Å². The number of nitrogens with one attached hydrogen (secondary N) is 1. The molecule has 0 heterocycles. The van der Waals surface area contributed by atoms with Crippen molar-refractivity contribution in [3.8, 4) is 11.8 Å². The Morgan fingerprint density at radius 3 is 2.43 bits per heavy atom. The molecular formula is C23H30F2N2O. The summed E-state index contributed by atoms with van der Waals surface area (Å²) in [6.45, 7) is 5.13. The average Bonchev–Trinajstić information content (AvgIpc) is 2.64. The third-order valence-corrected chi connectivity index (χ3v) is 5.27. The fourth-order valence-corrected chi connectivity index (χ4v) is 3.63. The fourth-order valence-electron chi connectivity index (χ4n) is 3.63. The minimum absolute atomic E-state index is 0.134. The molecule has 1 aromatic carbocycles. The maximum absolute atomic E-state index is 14.1. The van der Waals surface area contributed by atoms with Crippen LogP contribution in [0.3, 0.4) is 0 Å². The highest BCUT2D eigenvalue weighted by atomic mass is 19.3. The molecule has 0 unspecified atom stereocenters. The van der Waals surface area contributed by atoms with Gasteiger partial charge in [0.2, 0.25) is 0 Å². The van der Waals surface area contributed by atoms with Crippen molar-refractivity contribution in [2.75, 3.05) is 13.7 Å². The van der Waals surface area contributed by atoms with Crippen molar-refractivity contribution in [3.63, 3.8) is 0 Å². The zero-order valence-electron chi connectivity index (χ0n) is 16.9. The number of nitriles is 1. The first-order valence-electron chi connectivity index (χ1n) is 10.00. The van der Waals surface area contributed by atoms with Gasteiger partial charge in [-0.25, -0.2) is 8.78 Å². The van der Waals surface area contributed by atoms with Gasteiger partial charge in [0.1, 0.15) is 17.5 Å². The van der Waals surface area contributed by atoms with Gasteiger partial charge in [-0.05, 0) is 42.5 Å². The first-order chi connectivity index (χ1) is 13.4. The van der Waals surface area contributed by atoms with Crippen LogP contribution in [0.5, 0.6) is 5.75 Å². The second-order valence-electron chi connectivity index (χ2n) is 7.51. The molecule has 0 bridgehead atoms. The van der Waals surface area contributed by atoms with Crippen molar-refractivity contribution in [1.29, 1.82) is 5.26 Å². The average molecular weight is 389 g/mol. The van der Waals surface area contributed by atoms with Crippen LogP contribution in [0, 0.1) is 17.2 Å². The number of hydrogen-bond donors (Lipinski definition) is 1. The van der Waals surface area contributed by atoms with Crippen LogP contribution in [0.4, 0.5) is 8.78 Å². The van der Waals surface area contributed by atoms with Gasteiger partial charge in [-0.1, -0.05) is 44.8 Å². The predicted octanol–water partition coefficient (Wildman–Crippen LogP) is 6.18. The molecule has 0 radical (unpaired) electrons.